The summed E-state index contributed by atoms with van der Waals surface area (Å²) in [7, 11) is 0. The maximum absolute atomic E-state index is 5.27. The van der Waals surface area contributed by atoms with Gasteiger partial charge in [0.05, 0.1) is 13.1 Å². The molecule has 0 saturated heterocycles. The van der Waals surface area contributed by atoms with Gasteiger partial charge in [-0.3, -0.25) is 0 Å². The van der Waals surface area contributed by atoms with Crippen molar-refractivity contribution in [1.82, 2.24) is 0 Å². The highest BCUT2D eigenvalue weighted by molar-refractivity contribution is 14.2. The molecule has 1 nitrogen and oxygen atoms in total. The van der Waals surface area contributed by atoms with E-state index in [4.69, 9.17) is 4.52 Å². The summed E-state index contributed by atoms with van der Waals surface area (Å²) in [6.45, 7) is 1.48. The monoisotopic (exact) mass is 294 g/mol. The largest absolute Gasteiger partial charge is 0.352 e. The zero-order chi connectivity index (χ0) is 8.65. The second-order valence-electron chi connectivity index (χ2n) is 2.51. The van der Waals surface area contributed by atoms with Gasteiger partial charge in [0.1, 0.15) is 0 Å². The summed E-state index contributed by atoms with van der Waals surface area (Å²) in [5.74, 6) is 0. The molecule has 0 aromatic heterocycles. The summed E-state index contributed by atoms with van der Waals surface area (Å²) in [5, 5.41) is 0. The molecule has 1 unspecified atom stereocenters. The van der Waals surface area contributed by atoms with Gasteiger partial charge in [-0.25, -0.2) is 0 Å². The maximum Gasteiger partial charge on any atom is 0.0793 e. The van der Waals surface area contributed by atoms with Crippen molar-refractivity contribution in [3.63, 3.8) is 0 Å². The van der Waals surface area contributed by atoms with Gasteiger partial charge in [-0.15, -0.1) is 0 Å². The Morgan fingerprint density at radius 3 is 2.67 bits per heavy atom. The van der Waals surface area contributed by atoms with Crippen molar-refractivity contribution in [3.8, 4) is 0 Å². The van der Waals surface area contributed by atoms with Crippen LogP contribution in [-0.4, -0.2) is 6.61 Å². The molecular formula is C9H12IOP. The first-order chi connectivity index (χ1) is 5.93. The Balaban J connectivity index is 2.16. The van der Waals surface area contributed by atoms with E-state index in [1.807, 2.05) is 6.07 Å². The molecule has 0 fully saturated rings. The normalized spacial score (nSPS) is 11.1. The van der Waals surface area contributed by atoms with Crippen molar-refractivity contribution < 1.29 is 4.52 Å². The molecule has 1 aromatic rings. The molecule has 1 atom stereocenters. The molecule has 0 amide bonds. The van der Waals surface area contributed by atoms with Crippen LogP contribution in [0.3, 0.4) is 0 Å². The maximum atomic E-state index is 5.27. The molecule has 0 spiro atoms. The average molecular weight is 294 g/mol. The number of hydrogen-bond acceptors (Lipinski definition) is 1. The first kappa shape index (κ1) is 10.4. The van der Waals surface area contributed by atoms with Crippen LogP contribution < -0.4 is 0 Å². The Morgan fingerprint density at radius 2 is 2.00 bits per heavy atom. The molecule has 0 aliphatic carbocycles. The van der Waals surface area contributed by atoms with Crippen LogP contribution in [0.15, 0.2) is 30.3 Å². The van der Waals surface area contributed by atoms with Crippen molar-refractivity contribution in [2.75, 3.05) is 6.61 Å². The summed E-state index contributed by atoms with van der Waals surface area (Å²) in [6.07, 6.45) is 2.25. The number of rotatable bonds is 5. The summed E-state index contributed by atoms with van der Waals surface area (Å²) < 4.78 is 5.27. The molecule has 0 saturated carbocycles. The summed E-state index contributed by atoms with van der Waals surface area (Å²) in [6, 6.07) is 10.5. The van der Waals surface area contributed by atoms with Gasteiger partial charge in [0, 0.05) is 0 Å². The highest BCUT2D eigenvalue weighted by Crippen LogP contribution is 2.21. The third-order valence-corrected chi connectivity index (χ3v) is 2.86. The minimum atomic E-state index is 0.595. The summed E-state index contributed by atoms with van der Waals surface area (Å²) >= 11 is 2.25. The van der Waals surface area contributed by atoms with Crippen LogP contribution in [0.5, 0.6) is 0 Å². The lowest BCUT2D eigenvalue weighted by Crippen LogP contribution is -1.89. The predicted octanol–water partition coefficient (Wildman–Crippen LogP) is 3.58. The van der Waals surface area contributed by atoms with Gasteiger partial charge >= 0.3 is 0 Å². The molecule has 1 aromatic carbocycles. The molecular weight excluding hydrogens is 282 g/mol. The molecule has 0 aliphatic heterocycles. The van der Waals surface area contributed by atoms with Crippen LogP contribution >= 0.6 is 28.5 Å². The molecule has 1 rings (SSSR count). The van der Waals surface area contributed by atoms with E-state index in [-0.39, 0.29) is 0 Å². The van der Waals surface area contributed by atoms with Gasteiger partial charge in [-0.2, -0.15) is 0 Å². The fourth-order valence-corrected chi connectivity index (χ4v) is 1.91. The molecule has 0 radical (unpaired) electrons. The van der Waals surface area contributed by atoms with E-state index in [1.54, 1.807) is 0 Å². The predicted molar refractivity (Wildman–Crippen MR) is 63.1 cm³/mol. The summed E-state index contributed by atoms with van der Waals surface area (Å²) in [5.41, 5.74) is 1.40. The second-order valence-corrected chi connectivity index (χ2v) is 4.28. The SMILES string of the molecule is IPOCCCc1ccccc1. The number of aryl methyl sites for hydroxylation is 1. The van der Waals surface area contributed by atoms with E-state index in [9.17, 15) is 0 Å². The Labute approximate surface area is 88.2 Å². The van der Waals surface area contributed by atoms with Crippen molar-refractivity contribution in [1.29, 1.82) is 0 Å². The molecule has 12 heavy (non-hydrogen) atoms. The van der Waals surface area contributed by atoms with E-state index in [0.29, 0.717) is 6.45 Å². The first-order valence-corrected chi connectivity index (χ1v) is 7.97. The third-order valence-electron chi connectivity index (χ3n) is 1.61. The van der Waals surface area contributed by atoms with E-state index in [1.165, 1.54) is 5.56 Å². The van der Waals surface area contributed by atoms with E-state index >= 15 is 0 Å². The van der Waals surface area contributed by atoms with Gasteiger partial charge in [0.15, 0.2) is 0 Å². The van der Waals surface area contributed by atoms with E-state index < -0.39 is 0 Å². The standard InChI is InChI=1S/C9H12IOP/c10-12-11-8-4-7-9-5-2-1-3-6-9/h1-3,5-6,12H,4,7-8H2. The molecule has 0 aliphatic rings. The lowest BCUT2D eigenvalue weighted by Gasteiger charge is -2.00. The number of hydrogen-bond donors (Lipinski definition) is 0. The fraction of sp³-hybridized carbons (Fsp3) is 0.333. The molecule has 0 heterocycles. The van der Waals surface area contributed by atoms with Crippen LogP contribution in [0.25, 0.3) is 0 Å². The van der Waals surface area contributed by atoms with Crippen LogP contribution in [0.1, 0.15) is 12.0 Å². The van der Waals surface area contributed by atoms with Gasteiger partial charge in [-0.05, 0) is 40.4 Å². The van der Waals surface area contributed by atoms with Crippen LogP contribution in [-0.2, 0) is 10.9 Å². The quantitative estimate of drug-likeness (QED) is 0.458. The topological polar surface area (TPSA) is 9.23 Å². The van der Waals surface area contributed by atoms with Gasteiger partial charge in [-0.1, -0.05) is 30.3 Å². The van der Waals surface area contributed by atoms with Crippen molar-refractivity contribution in [3.05, 3.63) is 35.9 Å². The minimum Gasteiger partial charge on any atom is -0.352 e. The second kappa shape index (κ2) is 6.81. The van der Waals surface area contributed by atoms with Crippen LogP contribution in [0, 0.1) is 0 Å². The number of benzene rings is 1. The third kappa shape index (κ3) is 4.39. The van der Waals surface area contributed by atoms with Crippen LogP contribution in [0.4, 0.5) is 0 Å². The minimum absolute atomic E-state index is 0.595. The molecule has 3 heteroatoms. The average Bonchev–Trinajstić information content (AvgIpc) is 2.14. The first-order valence-electron chi connectivity index (χ1n) is 3.95. The Kier molecular flexibility index (Phi) is 5.92. The number of halogens is 1. The van der Waals surface area contributed by atoms with Gasteiger partial charge < -0.3 is 4.52 Å². The van der Waals surface area contributed by atoms with Crippen molar-refractivity contribution in [2.45, 2.75) is 12.8 Å². The molecule has 0 bridgehead atoms. The zero-order valence-electron chi connectivity index (χ0n) is 6.79. The van der Waals surface area contributed by atoms with E-state index in [0.717, 1.165) is 19.4 Å². The Hall–Kier alpha value is 0.340. The Bertz CT molecular complexity index is 203. The Morgan fingerprint density at radius 1 is 1.25 bits per heavy atom. The zero-order valence-corrected chi connectivity index (χ0v) is 9.95. The molecule has 66 valence electrons. The smallest absolute Gasteiger partial charge is 0.0793 e. The van der Waals surface area contributed by atoms with E-state index in [2.05, 4.69) is 46.3 Å². The van der Waals surface area contributed by atoms with Gasteiger partial charge in [0.25, 0.3) is 0 Å². The van der Waals surface area contributed by atoms with Crippen LogP contribution in [0.2, 0.25) is 0 Å². The lowest BCUT2D eigenvalue weighted by molar-refractivity contribution is 0.362. The highest BCUT2D eigenvalue weighted by atomic mass is 127. The fourth-order valence-electron chi connectivity index (χ4n) is 1.03. The molecule has 0 N–H and O–H groups in total. The lowest BCUT2D eigenvalue weighted by atomic mass is 10.1. The highest BCUT2D eigenvalue weighted by Gasteiger charge is 1.90. The van der Waals surface area contributed by atoms with Gasteiger partial charge in [0.2, 0.25) is 0 Å². The van der Waals surface area contributed by atoms with Crippen molar-refractivity contribution in [2.24, 2.45) is 0 Å². The summed E-state index contributed by atoms with van der Waals surface area (Å²) in [4.78, 5) is 0. The van der Waals surface area contributed by atoms with Crippen molar-refractivity contribution >= 4 is 28.5 Å².